The molecule has 0 aliphatic carbocycles. The zero-order chi connectivity index (χ0) is 8.97. The largest absolute Gasteiger partial charge is 0.658 e. The van der Waals surface area contributed by atoms with Gasteiger partial charge in [-0.05, 0) is 12.1 Å². The molecule has 0 N–H and O–H groups in total. The topological polar surface area (TPSA) is 14.1 Å². The van der Waals surface area contributed by atoms with Gasteiger partial charge in [-0.3, -0.25) is 0 Å². The molecule has 12 heavy (non-hydrogen) atoms. The number of halogens is 1. The number of hydrogen-bond acceptors (Lipinski definition) is 0. The molecule has 0 aromatic heterocycles. The first kappa shape index (κ1) is 9.20. The van der Waals surface area contributed by atoms with Crippen molar-refractivity contribution in [2.24, 2.45) is 0 Å². The molecule has 0 aliphatic heterocycles. The van der Waals surface area contributed by atoms with Gasteiger partial charge in [0.05, 0.1) is 0 Å². The first-order chi connectivity index (χ1) is 5.77. The van der Waals surface area contributed by atoms with Crippen LogP contribution in [-0.4, -0.2) is 7.05 Å². The van der Waals surface area contributed by atoms with Crippen LogP contribution in [0.2, 0.25) is 0 Å². The van der Waals surface area contributed by atoms with Crippen LogP contribution in [0.5, 0.6) is 0 Å². The van der Waals surface area contributed by atoms with E-state index in [1.165, 1.54) is 12.1 Å². The van der Waals surface area contributed by atoms with Crippen LogP contribution in [0.3, 0.4) is 0 Å². The van der Waals surface area contributed by atoms with Crippen molar-refractivity contribution in [3.8, 4) is 0 Å². The fourth-order valence-corrected chi connectivity index (χ4v) is 1.25. The second-order valence-corrected chi connectivity index (χ2v) is 2.73. The third kappa shape index (κ3) is 2.05. The summed E-state index contributed by atoms with van der Waals surface area (Å²) < 4.78 is 12.5. The van der Waals surface area contributed by atoms with Crippen LogP contribution in [0, 0.1) is 5.82 Å². The first-order valence-electron chi connectivity index (χ1n) is 4.12. The van der Waals surface area contributed by atoms with Crippen LogP contribution in [0.4, 0.5) is 4.39 Å². The minimum absolute atomic E-state index is 0.190. The van der Waals surface area contributed by atoms with Gasteiger partial charge in [0.2, 0.25) is 0 Å². The Morgan fingerprint density at radius 3 is 2.33 bits per heavy atom. The molecule has 1 rings (SSSR count). The molecule has 1 aromatic carbocycles. The maximum atomic E-state index is 12.5. The van der Waals surface area contributed by atoms with Gasteiger partial charge < -0.3 is 5.32 Å². The second kappa shape index (κ2) is 4.21. The van der Waals surface area contributed by atoms with Gasteiger partial charge in [0.25, 0.3) is 0 Å². The lowest BCUT2D eigenvalue weighted by Gasteiger charge is -2.26. The highest BCUT2D eigenvalue weighted by Gasteiger charge is 1.97. The Kier molecular flexibility index (Phi) is 3.23. The molecule has 0 radical (unpaired) electrons. The van der Waals surface area contributed by atoms with Crippen molar-refractivity contribution in [2.75, 3.05) is 7.05 Å². The second-order valence-electron chi connectivity index (χ2n) is 2.73. The lowest BCUT2D eigenvalue weighted by Crippen LogP contribution is -1.94. The van der Waals surface area contributed by atoms with Crippen LogP contribution in [0.15, 0.2) is 24.3 Å². The normalized spacial score (nSPS) is 12.9. The quantitative estimate of drug-likeness (QED) is 0.654. The Morgan fingerprint density at radius 1 is 1.33 bits per heavy atom. The van der Waals surface area contributed by atoms with Gasteiger partial charge >= 0.3 is 0 Å². The molecule has 0 saturated heterocycles. The standard InChI is InChI=1S/C10H13FN/c1-3-10(12-2)8-4-6-9(11)7-5-8/h4-7,10H,3H2,1-2H3/q-1. The summed E-state index contributed by atoms with van der Waals surface area (Å²) in [5, 5.41) is 4.18. The highest BCUT2D eigenvalue weighted by atomic mass is 19.1. The molecule has 1 atom stereocenters. The minimum Gasteiger partial charge on any atom is -0.658 e. The van der Waals surface area contributed by atoms with Crippen LogP contribution in [0.1, 0.15) is 24.9 Å². The van der Waals surface area contributed by atoms with Crippen LogP contribution in [-0.2, 0) is 0 Å². The third-order valence-electron chi connectivity index (χ3n) is 1.95. The molecular weight excluding hydrogens is 153 g/mol. The van der Waals surface area contributed by atoms with Gasteiger partial charge in [0, 0.05) is 0 Å². The lowest BCUT2D eigenvalue weighted by molar-refractivity contribution is 0.625. The Hall–Kier alpha value is -0.890. The van der Waals surface area contributed by atoms with Gasteiger partial charge in [-0.15, -0.1) is 6.04 Å². The highest BCUT2D eigenvalue weighted by molar-refractivity contribution is 5.23. The van der Waals surface area contributed by atoms with Crippen molar-refractivity contribution in [3.63, 3.8) is 0 Å². The van der Waals surface area contributed by atoms with Crippen molar-refractivity contribution >= 4 is 0 Å². The monoisotopic (exact) mass is 166 g/mol. The first-order valence-corrected chi connectivity index (χ1v) is 4.12. The molecule has 0 bridgehead atoms. The van der Waals surface area contributed by atoms with Crippen molar-refractivity contribution < 1.29 is 4.39 Å². The van der Waals surface area contributed by atoms with Gasteiger partial charge in [-0.2, -0.15) is 7.05 Å². The zero-order valence-corrected chi connectivity index (χ0v) is 7.42. The molecule has 1 aromatic rings. The van der Waals surface area contributed by atoms with Crippen LogP contribution >= 0.6 is 0 Å². The van der Waals surface area contributed by atoms with E-state index in [1.54, 1.807) is 19.2 Å². The predicted molar refractivity (Wildman–Crippen MR) is 48.7 cm³/mol. The van der Waals surface area contributed by atoms with Crippen molar-refractivity contribution in [1.29, 1.82) is 0 Å². The Morgan fingerprint density at radius 2 is 1.92 bits per heavy atom. The number of rotatable bonds is 3. The minimum atomic E-state index is -0.190. The van der Waals surface area contributed by atoms with Crippen LogP contribution < -0.4 is 0 Å². The number of nitrogens with zero attached hydrogens (tertiary/aromatic N) is 1. The van der Waals surface area contributed by atoms with E-state index in [4.69, 9.17) is 0 Å². The zero-order valence-electron chi connectivity index (χ0n) is 7.42. The SMILES string of the molecule is CCC([N-]C)c1ccc(F)cc1. The summed E-state index contributed by atoms with van der Waals surface area (Å²) in [6, 6.07) is 6.74. The molecule has 0 saturated carbocycles. The summed E-state index contributed by atoms with van der Waals surface area (Å²) in [5.41, 5.74) is 1.08. The smallest absolute Gasteiger partial charge is 0.123 e. The van der Waals surface area contributed by atoms with Crippen molar-refractivity contribution in [2.45, 2.75) is 19.4 Å². The Balaban J connectivity index is 2.80. The van der Waals surface area contributed by atoms with E-state index in [2.05, 4.69) is 12.2 Å². The molecule has 1 unspecified atom stereocenters. The molecule has 66 valence electrons. The summed E-state index contributed by atoms with van der Waals surface area (Å²) >= 11 is 0. The maximum absolute atomic E-state index is 12.5. The maximum Gasteiger partial charge on any atom is 0.123 e. The molecule has 0 spiro atoms. The average molecular weight is 166 g/mol. The molecule has 0 heterocycles. The summed E-state index contributed by atoms with van der Waals surface area (Å²) in [4.78, 5) is 0. The van der Waals surface area contributed by atoms with E-state index in [9.17, 15) is 4.39 Å². The molecular formula is C10H13FN-. The van der Waals surface area contributed by atoms with Crippen molar-refractivity contribution in [3.05, 3.63) is 41.0 Å². The van der Waals surface area contributed by atoms with Gasteiger partial charge in [0.1, 0.15) is 5.82 Å². The summed E-state index contributed by atoms with van der Waals surface area (Å²) in [6.07, 6.45) is 0.960. The van der Waals surface area contributed by atoms with Crippen LogP contribution in [0.25, 0.3) is 5.32 Å². The lowest BCUT2D eigenvalue weighted by atomic mass is 10.1. The van der Waals surface area contributed by atoms with Gasteiger partial charge in [-0.25, -0.2) is 4.39 Å². The Labute approximate surface area is 72.6 Å². The Bertz CT molecular complexity index is 226. The highest BCUT2D eigenvalue weighted by Crippen LogP contribution is 2.23. The van der Waals surface area contributed by atoms with E-state index >= 15 is 0 Å². The van der Waals surface area contributed by atoms with E-state index in [0.717, 1.165) is 12.0 Å². The fraction of sp³-hybridized carbons (Fsp3) is 0.400. The number of hydrogen-bond donors (Lipinski definition) is 0. The van der Waals surface area contributed by atoms with Gasteiger partial charge in [-0.1, -0.05) is 31.0 Å². The fourth-order valence-electron chi connectivity index (χ4n) is 1.25. The summed E-state index contributed by atoms with van der Waals surface area (Å²) in [7, 11) is 1.79. The van der Waals surface area contributed by atoms with E-state index in [0.29, 0.717) is 0 Å². The molecule has 1 nitrogen and oxygen atoms in total. The van der Waals surface area contributed by atoms with E-state index in [1.807, 2.05) is 0 Å². The van der Waals surface area contributed by atoms with Crippen molar-refractivity contribution in [1.82, 2.24) is 0 Å². The summed E-state index contributed by atoms with van der Waals surface area (Å²) in [6.45, 7) is 2.07. The molecule has 0 amide bonds. The summed E-state index contributed by atoms with van der Waals surface area (Å²) in [5.74, 6) is -0.190. The average Bonchev–Trinajstić information content (AvgIpc) is 2.10. The van der Waals surface area contributed by atoms with Gasteiger partial charge in [0.15, 0.2) is 0 Å². The molecule has 0 fully saturated rings. The third-order valence-corrected chi connectivity index (χ3v) is 1.95. The van der Waals surface area contributed by atoms with E-state index in [-0.39, 0.29) is 11.9 Å². The molecule has 0 aliphatic rings. The number of benzene rings is 1. The molecule has 2 heteroatoms. The predicted octanol–water partition coefficient (Wildman–Crippen LogP) is 3.28. The van der Waals surface area contributed by atoms with E-state index < -0.39 is 0 Å².